The third-order valence-corrected chi connectivity index (χ3v) is 6.03. The number of aryl methyl sites for hydroxylation is 1. The Kier molecular flexibility index (Phi) is 6.94. The fourth-order valence-corrected chi connectivity index (χ4v) is 3.98. The van der Waals surface area contributed by atoms with Crippen molar-refractivity contribution in [2.75, 3.05) is 23.7 Å². The molecule has 1 saturated heterocycles. The van der Waals surface area contributed by atoms with E-state index in [4.69, 9.17) is 5.73 Å². The summed E-state index contributed by atoms with van der Waals surface area (Å²) in [5.41, 5.74) is 4.72. The smallest absolute Gasteiger partial charge is 0.330 e. The highest BCUT2D eigenvalue weighted by atomic mass is 16.2. The van der Waals surface area contributed by atoms with Crippen LogP contribution in [0.25, 0.3) is 0 Å². The fraction of sp³-hybridized carbons (Fsp3) is 0.435. The van der Waals surface area contributed by atoms with Crippen molar-refractivity contribution < 1.29 is 14.4 Å². The number of urea groups is 1. The van der Waals surface area contributed by atoms with E-state index >= 15 is 0 Å². The quantitative estimate of drug-likeness (QED) is 0.491. The summed E-state index contributed by atoms with van der Waals surface area (Å²) in [5.74, 6) is -1.41. The molecule has 4 amide bonds. The molecule has 11 heteroatoms. The molecule has 1 atom stereocenters. The zero-order valence-corrected chi connectivity index (χ0v) is 19.8. The first kappa shape index (κ1) is 24.7. The van der Waals surface area contributed by atoms with Crippen molar-refractivity contribution >= 4 is 29.4 Å². The molecule has 1 aliphatic heterocycles. The Hall–Kier alpha value is -3.89. The summed E-state index contributed by atoms with van der Waals surface area (Å²) in [6.07, 6.45) is 1.44. The van der Waals surface area contributed by atoms with Crippen LogP contribution in [0.3, 0.4) is 0 Å². The van der Waals surface area contributed by atoms with E-state index in [0.717, 1.165) is 21.8 Å². The lowest BCUT2D eigenvalue weighted by atomic mass is 9.91. The predicted octanol–water partition coefficient (Wildman–Crippen LogP) is 1.05. The van der Waals surface area contributed by atoms with Gasteiger partial charge in [0.1, 0.15) is 17.9 Å². The number of unbranched alkanes of at least 4 members (excludes halogenated alkanes) is 1. The van der Waals surface area contributed by atoms with Crippen LogP contribution in [0, 0.1) is 6.92 Å². The third kappa shape index (κ3) is 4.33. The number of benzene rings is 1. The SMILES string of the molecule is CCCCn1c(N)c(N(CC)C(=O)CN2C(=O)N[C@](C)(c3ccc(C)cc3)C2=O)c(=O)[nH]c1=O. The van der Waals surface area contributed by atoms with Gasteiger partial charge < -0.3 is 16.0 Å². The van der Waals surface area contributed by atoms with E-state index in [-0.39, 0.29) is 24.6 Å². The van der Waals surface area contributed by atoms with Gasteiger partial charge in [0.15, 0.2) is 5.69 Å². The molecule has 2 aromatic rings. The summed E-state index contributed by atoms with van der Waals surface area (Å²) in [5, 5.41) is 2.66. The third-order valence-electron chi connectivity index (χ3n) is 6.03. The number of rotatable bonds is 8. The van der Waals surface area contributed by atoms with Crippen molar-refractivity contribution in [2.24, 2.45) is 0 Å². The van der Waals surface area contributed by atoms with Gasteiger partial charge in [0.05, 0.1) is 0 Å². The molecule has 1 aromatic carbocycles. The molecule has 1 fully saturated rings. The predicted molar refractivity (Wildman–Crippen MR) is 127 cm³/mol. The Balaban J connectivity index is 1.91. The first-order valence-electron chi connectivity index (χ1n) is 11.2. The first-order chi connectivity index (χ1) is 16.0. The number of amides is 4. The number of likely N-dealkylation sites (N-methyl/N-ethyl adjacent to an activating group) is 1. The van der Waals surface area contributed by atoms with Gasteiger partial charge in [-0.05, 0) is 32.8 Å². The van der Waals surface area contributed by atoms with Crippen molar-refractivity contribution in [3.63, 3.8) is 0 Å². The van der Waals surface area contributed by atoms with E-state index in [9.17, 15) is 24.0 Å². The molecule has 2 heterocycles. The molecule has 0 bridgehead atoms. The van der Waals surface area contributed by atoms with Gasteiger partial charge in [0.25, 0.3) is 11.5 Å². The van der Waals surface area contributed by atoms with Crippen LogP contribution < -0.4 is 27.2 Å². The number of nitrogen functional groups attached to an aromatic ring is 1. The molecule has 11 nitrogen and oxygen atoms in total. The number of aromatic nitrogens is 2. The van der Waals surface area contributed by atoms with Crippen molar-refractivity contribution in [3.8, 4) is 0 Å². The number of imide groups is 1. The maximum Gasteiger partial charge on any atom is 0.330 e. The number of anilines is 2. The molecule has 0 aliphatic carbocycles. The van der Waals surface area contributed by atoms with E-state index in [1.165, 1.54) is 4.57 Å². The summed E-state index contributed by atoms with van der Waals surface area (Å²) in [7, 11) is 0. The van der Waals surface area contributed by atoms with E-state index in [2.05, 4.69) is 10.3 Å². The summed E-state index contributed by atoms with van der Waals surface area (Å²) in [4.78, 5) is 67.9. The lowest BCUT2D eigenvalue weighted by Crippen LogP contribution is -2.47. The van der Waals surface area contributed by atoms with Crippen molar-refractivity contribution in [3.05, 3.63) is 56.2 Å². The number of nitrogens with two attached hydrogens (primary N) is 1. The van der Waals surface area contributed by atoms with Gasteiger partial charge in [-0.2, -0.15) is 0 Å². The molecule has 0 unspecified atom stereocenters. The van der Waals surface area contributed by atoms with Crippen LogP contribution >= 0.6 is 0 Å². The standard InChI is InChI=1S/C23H30N6O5/c1-5-7-12-28-18(24)17(19(31)25-21(28)33)27(6-2)16(30)13-29-20(32)23(4,26-22(29)34)15-10-8-14(3)9-11-15/h8-11H,5-7,12-13,24H2,1-4H3,(H,26,34)(H,25,31,33)/t23-/m1/s1. The maximum absolute atomic E-state index is 13.2. The van der Waals surface area contributed by atoms with Crippen LogP contribution in [0.1, 0.15) is 44.7 Å². The highest BCUT2D eigenvalue weighted by Gasteiger charge is 2.49. The molecular formula is C23H30N6O5. The Morgan fingerprint density at radius 1 is 1.12 bits per heavy atom. The average Bonchev–Trinajstić information content (AvgIpc) is 3.00. The Morgan fingerprint density at radius 2 is 1.76 bits per heavy atom. The number of carbonyl (C=O) groups excluding carboxylic acids is 3. The van der Waals surface area contributed by atoms with Crippen LogP contribution in [0.5, 0.6) is 0 Å². The minimum Gasteiger partial charge on any atom is -0.383 e. The molecule has 0 spiro atoms. The van der Waals surface area contributed by atoms with Crippen molar-refractivity contribution in [1.82, 2.24) is 19.8 Å². The van der Waals surface area contributed by atoms with Gasteiger partial charge in [0, 0.05) is 13.1 Å². The van der Waals surface area contributed by atoms with E-state index in [0.29, 0.717) is 12.0 Å². The maximum atomic E-state index is 13.2. The molecular weight excluding hydrogens is 440 g/mol. The number of nitrogens with zero attached hydrogens (tertiary/aromatic N) is 3. The van der Waals surface area contributed by atoms with Crippen LogP contribution in [0.2, 0.25) is 0 Å². The number of carbonyl (C=O) groups is 3. The number of nitrogens with one attached hydrogen (secondary N) is 2. The van der Waals surface area contributed by atoms with Gasteiger partial charge in [-0.25, -0.2) is 9.59 Å². The minimum absolute atomic E-state index is 0.0387. The van der Waals surface area contributed by atoms with E-state index in [1.54, 1.807) is 26.0 Å². The molecule has 182 valence electrons. The second-order valence-corrected chi connectivity index (χ2v) is 8.45. The lowest BCUT2D eigenvalue weighted by molar-refractivity contribution is -0.134. The summed E-state index contributed by atoms with van der Waals surface area (Å²) >= 11 is 0. The van der Waals surface area contributed by atoms with Crippen LogP contribution in [-0.2, 0) is 21.7 Å². The Morgan fingerprint density at radius 3 is 2.35 bits per heavy atom. The van der Waals surface area contributed by atoms with E-state index < -0.39 is 41.2 Å². The largest absolute Gasteiger partial charge is 0.383 e. The highest BCUT2D eigenvalue weighted by molar-refractivity contribution is 6.10. The minimum atomic E-state index is -1.33. The Labute approximate surface area is 196 Å². The fourth-order valence-electron chi connectivity index (χ4n) is 3.98. The van der Waals surface area contributed by atoms with E-state index in [1.807, 2.05) is 26.0 Å². The van der Waals surface area contributed by atoms with Gasteiger partial charge in [-0.3, -0.25) is 28.8 Å². The van der Waals surface area contributed by atoms with Crippen molar-refractivity contribution in [2.45, 2.75) is 52.6 Å². The Bertz CT molecular complexity index is 1230. The zero-order valence-electron chi connectivity index (χ0n) is 19.8. The molecule has 1 aromatic heterocycles. The number of aromatic amines is 1. The van der Waals surface area contributed by atoms with Crippen LogP contribution in [0.4, 0.5) is 16.3 Å². The summed E-state index contributed by atoms with van der Waals surface area (Å²) < 4.78 is 1.21. The first-order valence-corrected chi connectivity index (χ1v) is 11.2. The molecule has 0 saturated carbocycles. The monoisotopic (exact) mass is 470 g/mol. The number of hydrogen-bond donors (Lipinski definition) is 3. The summed E-state index contributed by atoms with van der Waals surface area (Å²) in [6, 6.07) is 6.44. The van der Waals surface area contributed by atoms with Crippen LogP contribution in [0.15, 0.2) is 33.9 Å². The lowest BCUT2D eigenvalue weighted by Gasteiger charge is -2.25. The molecule has 34 heavy (non-hydrogen) atoms. The topological polar surface area (TPSA) is 151 Å². The summed E-state index contributed by atoms with van der Waals surface area (Å²) in [6.45, 7) is 6.78. The number of H-pyrrole nitrogens is 1. The second kappa shape index (κ2) is 9.54. The van der Waals surface area contributed by atoms with Gasteiger partial charge in [-0.15, -0.1) is 0 Å². The van der Waals surface area contributed by atoms with Crippen LogP contribution in [-0.4, -0.2) is 45.4 Å². The van der Waals surface area contributed by atoms with Gasteiger partial charge >= 0.3 is 11.7 Å². The molecule has 3 rings (SSSR count). The average molecular weight is 471 g/mol. The zero-order chi connectivity index (χ0) is 25.2. The van der Waals surface area contributed by atoms with Gasteiger partial charge in [-0.1, -0.05) is 43.2 Å². The highest BCUT2D eigenvalue weighted by Crippen LogP contribution is 2.29. The molecule has 1 aliphatic rings. The second-order valence-electron chi connectivity index (χ2n) is 8.45. The molecule has 0 radical (unpaired) electrons. The van der Waals surface area contributed by atoms with Crippen molar-refractivity contribution in [1.29, 1.82) is 0 Å². The molecule has 4 N–H and O–H groups in total. The van der Waals surface area contributed by atoms with Gasteiger partial charge in [0.2, 0.25) is 5.91 Å². The normalized spacial score (nSPS) is 17.7. The number of hydrogen-bond acceptors (Lipinski definition) is 6.